The van der Waals surface area contributed by atoms with Gasteiger partial charge >= 0.3 is 0 Å². The van der Waals surface area contributed by atoms with Crippen molar-refractivity contribution < 1.29 is 0 Å². The number of benzene rings is 1. The van der Waals surface area contributed by atoms with Crippen molar-refractivity contribution in [2.24, 2.45) is 5.41 Å². The van der Waals surface area contributed by atoms with E-state index in [1.165, 1.54) is 38.5 Å². The molecule has 104 valence electrons. The maximum Gasteiger partial charge on any atom is 0.0453 e. The highest BCUT2D eigenvalue weighted by Crippen LogP contribution is 2.43. The fourth-order valence-corrected chi connectivity index (χ4v) is 3.80. The highest BCUT2D eigenvalue weighted by molar-refractivity contribution is 6.36. The van der Waals surface area contributed by atoms with Crippen LogP contribution in [0.5, 0.6) is 0 Å². The highest BCUT2D eigenvalue weighted by Gasteiger charge is 2.36. The molecule has 19 heavy (non-hydrogen) atoms. The van der Waals surface area contributed by atoms with E-state index in [0.29, 0.717) is 5.41 Å². The Hall–Kier alpha value is -0.240. The second-order valence-corrected chi connectivity index (χ2v) is 7.05. The molecule has 3 heteroatoms. The molecule has 0 saturated heterocycles. The molecule has 1 nitrogen and oxygen atoms in total. The van der Waals surface area contributed by atoms with E-state index in [4.69, 9.17) is 23.2 Å². The van der Waals surface area contributed by atoms with Gasteiger partial charge in [-0.3, -0.25) is 0 Å². The van der Waals surface area contributed by atoms with Gasteiger partial charge in [0, 0.05) is 22.6 Å². The van der Waals surface area contributed by atoms with Crippen molar-refractivity contribution in [1.29, 1.82) is 0 Å². The van der Waals surface area contributed by atoms with Gasteiger partial charge < -0.3 is 5.32 Å². The van der Waals surface area contributed by atoms with E-state index in [2.05, 4.69) is 5.32 Å². The molecule has 2 saturated carbocycles. The summed E-state index contributed by atoms with van der Waals surface area (Å²) in [4.78, 5) is 0. The first-order valence-corrected chi connectivity index (χ1v) is 8.10. The maximum absolute atomic E-state index is 6.34. The first-order valence-electron chi connectivity index (χ1n) is 7.35. The van der Waals surface area contributed by atoms with Crippen molar-refractivity contribution >= 4 is 23.2 Å². The normalized spacial score (nSPS) is 21.8. The number of hydrogen-bond donors (Lipinski definition) is 1. The Morgan fingerprint density at radius 3 is 2.32 bits per heavy atom. The van der Waals surface area contributed by atoms with Gasteiger partial charge in [-0.2, -0.15) is 0 Å². The van der Waals surface area contributed by atoms with Gasteiger partial charge in [-0.05, 0) is 55.2 Å². The zero-order valence-corrected chi connectivity index (χ0v) is 12.7. The summed E-state index contributed by atoms with van der Waals surface area (Å²) in [7, 11) is 0. The van der Waals surface area contributed by atoms with Crippen molar-refractivity contribution in [3.63, 3.8) is 0 Å². The summed E-state index contributed by atoms with van der Waals surface area (Å²) in [5.74, 6) is 0. The minimum atomic E-state index is 0.372. The molecule has 2 fully saturated rings. The number of nitrogens with one attached hydrogen (secondary N) is 1. The van der Waals surface area contributed by atoms with E-state index in [1.54, 1.807) is 0 Å². The van der Waals surface area contributed by atoms with Gasteiger partial charge in [0.15, 0.2) is 0 Å². The van der Waals surface area contributed by atoms with Crippen LogP contribution in [0.25, 0.3) is 0 Å². The molecule has 0 bridgehead atoms. The molecule has 1 aromatic carbocycles. The number of rotatable bonds is 5. The van der Waals surface area contributed by atoms with Crippen LogP contribution < -0.4 is 5.32 Å². The van der Waals surface area contributed by atoms with Crippen LogP contribution in [-0.2, 0) is 6.42 Å². The second kappa shape index (κ2) is 5.63. The molecule has 0 aromatic heterocycles. The van der Waals surface area contributed by atoms with E-state index in [9.17, 15) is 0 Å². The lowest BCUT2D eigenvalue weighted by molar-refractivity contribution is 0.276. The van der Waals surface area contributed by atoms with Crippen molar-refractivity contribution in [3.05, 3.63) is 33.8 Å². The van der Waals surface area contributed by atoms with E-state index in [0.717, 1.165) is 34.6 Å². The summed E-state index contributed by atoms with van der Waals surface area (Å²) in [6, 6.07) is 6.62. The molecule has 0 heterocycles. The monoisotopic (exact) mass is 297 g/mol. The summed E-state index contributed by atoms with van der Waals surface area (Å²) in [6.45, 7) is 1.12. The number of hydrogen-bond acceptors (Lipinski definition) is 1. The van der Waals surface area contributed by atoms with Crippen molar-refractivity contribution in [2.45, 2.75) is 51.0 Å². The van der Waals surface area contributed by atoms with Gasteiger partial charge in [-0.15, -0.1) is 0 Å². The van der Waals surface area contributed by atoms with Crippen LogP contribution in [0.2, 0.25) is 10.0 Å². The van der Waals surface area contributed by atoms with Gasteiger partial charge in [0.2, 0.25) is 0 Å². The van der Waals surface area contributed by atoms with E-state index in [1.807, 2.05) is 18.2 Å². The second-order valence-electron chi connectivity index (χ2n) is 6.24. The molecule has 2 aliphatic rings. The topological polar surface area (TPSA) is 12.0 Å². The quantitative estimate of drug-likeness (QED) is 0.819. The Labute approximate surface area is 125 Å². The molecule has 0 aliphatic heterocycles. The van der Waals surface area contributed by atoms with Gasteiger partial charge in [0.25, 0.3) is 0 Å². The van der Waals surface area contributed by atoms with Crippen LogP contribution in [0.15, 0.2) is 18.2 Å². The molecule has 0 amide bonds. The lowest BCUT2D eigenvalue weighted by atomic mass is 9.80. The Morgan fingerprint density at radius 1 is 1.11 bits per heavy atom. The van der Waals surface area contributed by atoms with Crippen LogP contribution in [0.4, 0.5) is 0 Å². The van der Waals surface area contributed by atoms with E-state index >= 15 is 0 Å². The van der Waals surface area contributed by atoms with Crippen LogP contribution in [0, 0.1) is 5.41 Å². The van der Waals surface area contributed by atoms with Crippen LogP contribution in [0.1, 0.15) is 44.1 Å². The first kappa shape index (κ1) is 13.7. The SMILES string of the molecule is Clc1cccc(Cl)c1CC1(CNC2CC2)CCCC1. The third kappa shape index (κ3) is 3.26. The lowest BCUT2D eigenvalue weighted by Crippen LogP contribution is -2.35. The number of halogens is 2. The minimum absolute atomic E-state index is 0.372. The van der Waals surface area contributed by atoms with Crippen molar-refractivity contribution in [1.82, 2.24) is 5.32 Å². The fraction of sp³-hybridized carbons (Fsp3) is 0.625. The Kier molecular flexibility index (Phi) is 4.07. The molecule has 0 atom stereocenters. The highest BCUT2D eigenvalue weighted by atomic mass is 35.5. The summed E-state index contributed by atoms with van der Waals surface area (Å²) in [5.41, 5.74) is 1.52. The Bertz CT molecular complexity index is 428. The van der Waals surface area contributed by atoms with E-state index in [-0.39, 0.29) is 0 Å². The van der Waals surface area contributed by atoms with Crippen LogP contribution in [-0.4, -0.2) is 12.6 Å². The van der Waals surface area contributed by atoms with Gasteiger partial charge in [-0.1, -0.05) is 42.1 Å². The van der Waals surface area contributed by atoms with Crippen LogP contribution >= 0.6 is 23.2 Å². The summed E-state index contributed by atoms with van der Waals surface area (Å²) in [6.07, 6.45) is 9.00. The molecule has 3 rings (SSSR count). The summed E-state index contributed by atoms with van der Waals surface area (Å²) >= 11 is 12.7. The molecular weight excluding hydrogens is 277 g/mol. The molecule has 2 aliphatic carbocycles. The van der Waals surface area contributed by atoms with Gasteiger partial charge in [0.1, 0.15) is 0 Å². The largest absolute Gasteiger partial charge is 0.313 e. The van der Waals surface area contributed by atoms with E-state index < -0.39 is 0 Å². The third-order valence-corrected chi connectivity index (χ3v) is 5.33. The van der Waals surface area contributed by atoms with Gasteiger partial charge in [-0.25, -0.2) is 0 Å². The molecule has 1 aromatic rings. The average molecular weight is 298 g/mol. The summed E-state index contributed by atoms with van der Waals surface area (Å²) < 4.78 is 0. The molecule has 0 radical (unpaired) electrons. The Balaban J connectivity index is 1.76. The third-order valence-electron chi connectivity index (χ3n) is 4.62. The zero-order valence-electron chi connectivity index (χ0n) is 11.2. The smallest absolute Gasteiger partial charge is 0.0453 e. The Morgan fingerprint density at radius 2 is 1.74 bits per heavy atom. The zero-order chi connectivity index (χ0) is 13.3. The molecule has 1 N–H and O–H groups in total. The maximum atomic E-state index is 6.34. The molecular formula is C16H21Cl2N. The molecule has 0 unspecified atom stereocenters. The first-order chi connectivity index (χ1) is 9.19. The average Bonchev–Trinajstić information content (AvgIpc) is 3.12. The van der Waals surface area contributed by atoms with Crippen LogP contribution in [0.3, 0.4) is 0 Å². The predicted octanol–water partition coefficient (Wildman–Crippen LogP) is 4.85. The fourth-order valence-electron chi connectivity index (χ4n) is 3.27. The summed E-state index contributed by atoms with van der Waals surface area (Å²) in [5, 5.41) is 5.36. The van der Waals surface area contributed by atoms with Gasteiger partial charge in [0.05, 0.1) is 0 Å². The molecule has 0 spiro atoms. The lowest BCUT2D eigenvalue weighted by Gasteiger charge is -2.30. The van der Waals surface area contributed by atoms with Crippen molar-refractivity contribution in [3.8, 4) is 0 Å². The minimum Gasteiger partial charge on any atom is -0.313 e. The predicted molar refractivity (Wildman–Crippen MR) is 82.1 cm³/mol. The standard InChI is InChI=1S/C16H21Cl2N/c17-14-4-3-5-15(18)13(14)10-16(8-1-2-9-16)11-19-12-6-7-12/h3-5,12,19H,1-2,6-11H2. The van der Waals surface area contributed by atoms with Crippen molar-refractivity contribution in [2.75, 3.05) is 6.54 Å².